The fraction of sp³-hybridized carbons (Fsp3) is 0.379. The van der Waals surface area contributed by atoms with Crippen molar-refractivity contribution in [3.05, 3.63) is 71.7 Å². The standard InChI is InChI=1S/C29H34N2O/c1-19-18-30-24(15-22(19)16-28(2,3)4)21-11-8-10-20(14-21)23-12-9-13-25-27(23)31-26(32-25)17-29(5,6)7/h8-15,18H,16-17H2,1-7H3/i1D3,16D2,17D2. The van der Waals surface area contributed by atoms with Crippen molar-refractivity contribution in [2.75, 3.05) is 0 Å². The van der Waals surface area contributed by atoms with E-state index in [0.717, 1.165) is 11.1 Å². The number of benzene rings is 2. The van der Waals surface area contributed by atoms with Crippen LogP contribution < -0.4 is 0 Å². The smallest absolute Gasteiger partial charge is 0.196 e. The first kappa shape index (κ1) is 15.0. The molecule has 0 saturated carbocycles. The minimum Gasteiger partial charge on any atom is -0.441 e. The van der Waals surface area contributed by atoms with Crippen molar-refractivity contribution < 1.29 is 14.0 Å². The summed E-state index contributed by atoms with van der Waals surface area (Å²) < 4.78 is 64.5. The molecule has 0 aliphatic rings. The zero-order valence-electron chi connectivity index (χ0n) is 26.5. The van der Waals surface area contributed by atoms with Gasteiger partial charge in [0.15, 0.2) is 11.5 Å². The molecule has 0 fully saturated rings. The maximum absolute atomic E-state index is 8.80. The molecule has 166 valence electrons. The molecular weight excluding hydrogens is 392 g/mol. The number of aryl methyl sites for hydroxylation is 1. The predicted molar refractivity (Wildman–Crippen MR) is 134 cm³/mol. The number of nitrogens with zero attached hydrogens (tertiary/aromatic N) is 2. The van der Waals surface area contributed by atoms with Crippen LogP contribution in [-0.4, -0.2) is 9.97 Å². The first-order valence-corrected chi connectivity index (χ1v) is 10.8. The van der Waals surface area contributed by atoms with Crippen LogP contribution in [0.3, 0.4) is 0 Å². The molecule has 0 amide bonds. The monoisotopic (exact) mass is 433 g/mol. The average Bonchev–Trinajstić information content (AvgIpc) is 3.27. The van der Waals surface area contributed by atoms with E-state index in [1.54, 1.807) is 53.7 Å². The number of oxazole rings is 1. The fourth-order valence-corrected chi connectivity index (χ4v) is 3.52. The van der Waals surface area contributed by atoms with Gasteiger partial charge in [-0.25, -0.2) is 4.98 Å². The Kier molecular flexibility index (Phi) is 3.84. The second-order valence-corrected chi connectivity index (χ2v) is 10.1. The number of pyridine rings is 1. The molecule has 0 spiro atoms. The van der Waals surface area contributed by atoms with Gasteiger partial charge in [0, 0.05) is 33.3 Å². The van der Waals surface area contributed by atoms with Crippen LogP contribution in [0.4, 0.5) is 0 Å². The van der Waals surface area contributed by atoms with Crippen molar-refractivity contribution in [1.29, 1.82) is 0 Å². The van der Waals surface area contributed by atoms with Gasteiger partial charge in [0.25, 0.3) is 0 Å². The maximum atomic E-state index is 8.80. The highest BCUT2D eigenvalue weighted by atomic mass is 16.3. The molecule has 4 rings (SSSR count). The summed E-state index contributed by atoms with van der Waals surface area (Å²) in [6.45, 7) is 8.11. The summed E-state index contributed by atoms with van der Waals surface area (Å²) >= 11 is 0. The van der Waals surface area contributed by atoms with Gasteiger partial charge in [-0.15, -0.1) is 0 Å². The number of hydrogen-bond acceptors (Lipinski definition) is 3. The number of rotatable bonds is 4. The van der Waals surface area contributed by atoms with Gasteiger partial charge in [-0.1, -0.05) is 71.9 Å². The van der Waals surface area contributed by atoms with Gasteiger partial charge in [-0.2, -0.15) is 0 Å². The van der Waals surface area contributed by atoms with Crippen LogP contribution in [0.2, 0.25) is 0 Å². The van der Waals surface area contributed by atoms with Crippen LogP contribution in [0, 0.1) is 17.7 Å². The Morgan fingerprint density at radius 1 is 0.906 bits per heavy atom. The molecule has 3 heteroatoms. The van der Waals surface area contributed by atoms with Crippen LogP contribution in [0.25, 0.3) is 33.5 Å². The lowest BCUT2D eigenvalue weighted by Gasteiger charge is -2.20. The minimum atomic E-state index is -2.51. The fourth-order valence-electron chi connectivity index (χ4n) is 3.52. The molecule has 0 bridgehead atoms. The van der Waals surface area contributed by atoms with Crippen LogP contribution in [0.5, 0.6) is 0 Å². The molecule has 0 unspecified atom stereocenters. The summed E-state index contributed by atoms with van der Waals surface area (Å²) in [5, 5.41) is 0. The van der Waals surface area contributed by atoms with E-state index in [1.165, 1.54) is 6.20 Å². The lowest BCUT2D eigenvalue weighted by Crippen LogP contribution is -2.10. The van der Waals surface area contributed by atoms with Crippen molar-refractivity contribution >= 4 is 11.1 Å². The van der Waals surface area contributed by atoms with E-state index in [0.29, 0.717) is 22.4 Å². The van der Waals surface area contributed by atoms with Crippen molar-refractivity contribution in [2.24, 2.45) is 10.8 Å². The van der Waals surface area contributed by atoms with E-state index in [1.807, 2.05) is 36.4 Å². The molecule has 2 aromatic carbocycles. The average molecular weight is 434 g/mol. The van der Waals surface area contributed by atoms with E-state index in [4.69, 9.17) is 14.0 Å². The summed E-state index contributed by atoms with van der Waals surface area (Å²) in [6, 6.07) is 14.5. The third kappa shape index (κ3) is 5.09. The van der Waals surface area contributed by atoms with Crippen LogP contribution in [0.1, 0.15) is 68.2 Å². The molecule has 32 heavy (non-hydrogen) atoms. The summed E-state index contributed by atoms with van der Waals surface area (Å²) in [6.07, 6.45) is -2.46. The van der Waals surface area contributed by atoms with Gasteiger partial charge in [0.1, 0.15) is 5.52 Å². The zero-order chi connectivity index (χ0) is 29.2. The van der Waals surface area contributed by atoms with Gasteiger partial charge in [0.2, 0.25) is 0 Å². The van der Waals surface area contributed by atoms with Gasteiger partial charge >= 0.3 is 0 Å². The maximum Gasteiger partial charge on any atom is 0.196 e. The molecule has 0 aliphatic heterocycles. The van der Waals surface area contributed by atoms with E-state index in [-0.39, 0.29) is 17.0 Å². The topological polar surface area (TPSA) is 38.9 Å². The first-order chi connectivity index (χ1) is 17.7. The van der Waals surface area contributed by atoms with E-state index >= 15 is 0 Å². The molecule has 4 aromatic rings. The first-order valence-electron chi connectivity index (χ1n) is 14.3. The van der Waals surface area contributed by atoms with Gasteiger partial charge in [-0.3, -0.25) is 4.98 Å². The molecule has 0 atom stereocenters. The van der Waals surface area contributed by atoms with Gasteiger partial charge in [0.05, 0.1) is 5.69 Å². The number of hydrogen-bond donors (Lipinski definition) is 0. The normalized spacial score (nSPS) is 17.0. The molecular formula is C29H34N2O. The molecule has 0 radical (unpaired) electrons. The van der Waals surface area contributed by atoms with Gasteiger partial charge in [-0.05, 0) is 58.9 Å². The quantitative estimate of drug-likeness (QED) is 0.327. The summed E-state index contributed by atoms with van der Waals surface area (Å²) in [7, 11) is 0. The SMILES string of the molecule is [2H]C([2H])([2H])c1cnc(-c2cccc(-c3cccc4oc(C([2H])([2H])C(C)(C)C)nc34)c2)cc1C([2H])([2H])C(C)(C)C. The predicted octanol–water partition coefficient (Wildman–Crippen LogP) is 8.04. The highest BCUT2D eigenvalue weighted by Gasteiger charge is 2.18. The highest BCUT2D eigenvalue weighted by molar-refractivity contribution is 5.91. The van der Waals surface area contributed by atoms with Crippen molar-refractivity contribution in [2.45, 2.75) is 61.1 Å². The Hall–Kier alpha value is -2.94. The summed E-state index contributed by atoms with van der Waals surface area (Å²) in [5.41, 5.74) is 2.09. The van der Waals surface area contributed by atoms with E-state index in [2.05, 4.69) is 9.97 Å². The summed E-state index contributed by atoms with van der Waals surface area (Å²) in [4.78, 5) is 8.99. The van der Waals surface area contributed by atoms with Crippen LogP contribution in [-0.2, 0) is 12.7 Å². The number of para-hydroxylation sites is 1. The zero-order valence-corrected chi connectivity index (χ0v) is 19.5. The minimum absolute atomic E-state index is 0.0181. The number of fused-ring (bicyclic) bond motifs is 1. The lowest BCUT2D eigenvalue weighted by molar-refractivity contribution is 0.362. The third-order valence-electron chi connectivity index (χ3n) is 4.78. The molecule has 3 nitrogen and oxygen atoms in total. The Balaban J connectivity index is 1.86. The Morgan fingerprint density at radius 2 is 1.62 bits per heavy atom. The second-order valence-electron chi connectivity index (χ2n) is 10.1. The second kappa shape index (κ2) is 8.20. The molecule has 0 aliphatic carbocycles. The number of aromatic nitrogens is 2. The molecule has 2 heterocycles. The third-order valence-corrected chi connectivity index (χ3v) is 4.78. The molecule has 0 N–H and O–H groups in total. The molecule has 2 aromatic heterocycles. The highest BCUT2D eigenvalue weighted by Crippen LogP contribution is 2.33. The Morgan fingerprint density at radius 3 is 2.34 bits per heavy atom. The van der Waals surface area contributed by atoms with Crippen LogP contribution in [0.15, 0.2) is 59.1 Å². The van der Waals surface area contributed by atoms with Gasteiger partial charge < -0.3 is 4.42 Å². The van der Waals surface area contributed by atoms with Crippen molar-refractivity contribution in [3.63, 3.8) is 0 Å². The summed E-state index contributed by atoms with van der Waals surface area (Å²) in [5.74, 6) is 0.0181. The van der Waals surface area contributed by atoms with Crippen molar-refractivity contribution in [3.8, 4) is 22.4 Å². The lowest BCUT2D eigenvalue weighted by atomic mass is 9.86. The molecule has 0 saturated heterocycles. The van der Waals surface area contributed by atoms with E-state index < -0.39 is 30.4 Å². The van der Waals surface area contributed by atoms with E-state index in [9.17, 15) is 0 Å². The largest absolute Gasteiger partial charge is 0.441 e. The van der Waals surface area contributed by atoms with Crippen LogP contribution >= 0.6 is 0 Å². The Bertz CT molecular complexity index is 1520. The van der Waals surface area contributed by atoms with Crippen molar-refractivity contribution in [1.82, 2.24) is 9.97 Å². The Labute approximate surface area is 201 Å².